The first-order valence-electron chi connectivity index (χ1n) is 10.3. The Kier molecular flexibility index (Phi) is 8.25. The number of esters is 1. The van der Waals surface area contributed by atoms with E-state index < -0.39 is 9.84 Å². The Morgan fingerprint density at radius 3 is 2.23 bits per heavy atom. The molecule has 1 amide bonds. The molecule has 9 heteroatoms. The normalized spacial score (nSPS) is 15.7. The zero-order chi connectivity index (χ0) is 22.5. The highest BCUT2D eigenvalue weighted by Gasteiger charge is 2.23. The molecule has 1 fully saturated rings. The second-order valence-corrected chi connectivity index (χ2v) is 9.81. The zero-order valence-electron chi connectivity index (χ0n) is 18.6. The van der Waals surface area contributed by atoms with Gasteiger partial charge in [-0.2, -0.15) is 0 Å². The van der Waals surface area contributed by atoms with Gasteiger partial charge in [0.25, 0.3) is 0 Å². The lowest BCUT2D eigenvalue weighted by Crippen LogP contribution is -2.49. The van der Waals surface area contributed by atoms with Crippen molar-refractivity contribution in [2.75, 3.05) is 51.3 Å². The van der Waals surface area contributed by atoms with Crippen LogP contribution in [-0.2, 0) is 25.9 Å². The summed E-state index contributed by atoms with van der Waals surface area (Å²) in [5.41, 5.74) is 2.98. The molecule has 2 rings (SSSR count). The van der Waals surface area contributed by atoms with E-state index in [1.165, 1.54) is 12.3 Å². The maximum absolute atomic E-state index is 12.7. The summed E-state index contributed by atoms with van der Waals surface area (Å²) in [5, 5.41) is 0. The molecule has 0 aliphatic carbocycles. The molecule has 0 aromatic carbocycles. The molecule has 1 aromatic heterocycles. The molecule has 0 N–H and O–H groups in total. The first-order valence-corrected chi connectivity index (χ1v) is 12.4. The molecule has 0 bridgehead atoms. The summed E-state index contributed by atoms with van der Waals surface area (Å²) >= 11 is 0. The van der Waals surface area contributed by atoms with E-state index in [9.17, 15) is 18.0 Å². The number of piperazine rings is 1. The molecule has 8 nitrogen and oxygen atoms in total. The van der Waals surface area contributed by atoms with E-state index in [0.717, 1.165) is 17.9 Å². The standard InChI is InChI=1S/C21H33N3O5S/c1-6-24-16(3)18(20(17(24)4)21(26)29-7-2)8-9-19(25)23-12-10-22(11-13-23)14-15-30(5,27)28/h8-9H,6-7,10-15H2,1-5H3/b9-8+. The molecular weight excluding hydrogens is 406 g/mol. The molecule has 0 atom stereocenters. The van der Waals surface area contributed by atoms with Gasteiger partial charge in [-0.1, -0.05) is 0 Å². The van der Waals surface area contributed by atoms with Gasteiger partial charge in [0, 0.05) is 68.6 Å². The third-order valence-electron chi connectivity index (χ3n) is 5.48. The summed E-state index contributed by atoms with van der Waals surface area (Å²) in [4.78, 5) is 28.9. The molecule has 0 saturated carbocycles. The molecule has 0 spiro atoms. The number of aromatic nitrogens is 1. The Bertz CT molecular complexity index is 910. The summed E-state index contributed by atoms with van der Waals surface area (Å²) in [6.45, 7) is 11.5. The largest absolute Gasteiger partial charge is 0.462 e. The first kappa shape index (κ1) is 24.1. The Morgan fingerprint density at radius 2 is 1.70 bits per heavy atom. The molecule has 1 aliphatic rings. The fourth-order valence-corrected chi connectivity index (χ4v) is 4.38. The fourth-order valence-electron chi connectivity index (χ4n) is 3.79. The molecule has 168 valence electrons. The van der Waals surface area contributed by atoms with Crippen LogP contribution in [0, 0.1) is 13.8 Å². The van der Waals surface area contributed by atoms with Crippen molar-refractivity contribution in [3.05, 3.63) is 28.6 Å². The van der Waals surface area contributed by atoms with Crippen LogP contribution in [0.2, 0.25) is 0 Å². The number of sulfone groups is 1. The van der Waals surface area contributed by atoms with Gasteiger partial charge in [0.15, 0.2) is 0 Å². The van der Waals surface area contributed by atoms with Crippen LogP contribution in [0.4, 0.5) is 0 Å². The smallest absolute Gasteiger partial charge is 0.340 e. The van der Waals surface area contributed by atoms with E-state index in [1.807, 2.05) is 25.3 Å². The van der Waals surface area contributed by atoms with Gasteiger partial charge in [-0.05, 0) is 33.8 Å². The maximum Gasteiger partial charge on any atom is 0.340 e. The second-order valence-electron chi connectivity index (χ2n) is 7.55. The van der Waals surface area contributed by atoms with E-state index in [1.54, 1.807) is 17.9 Å². The summed E-state index contributed by atoms with van der Waals surface area (Å²) in [6.07, 6.45) is 4.45. The molecule has 2 heterocycles. The number of hydrogen-bond donors (Lipinski definition) is 0. The molecule has 0 unspecified atom stereocenters. The predicted molar refractivity (Wildman–Crippen MR) is 117 cm³/mol. The van der Waals surface area contributed by atoms with Crippen LogP contribution in [0.5, 0.6) is 0 Å². The van der Waals surface area contributed by atoms with Crippen LogP contribution in [0.3, 0.4) is 0 Å². The number of ether oxygens (including phenoxy) is 1. The number of carbonyl (C=O) groups is 2. The van der Waals surface area contributed by atoms with Crippen LogP contribution >= 0.6 is 0 Å². The molecular formula is C21H33N3O5S. The quantitative estimate of drug-likeness (QED) is 0.451. The van der Waals surface area contributed by atoms with E-state index in [2.05, 4.69) is 4.90 Å². The van der Waals surface area contributed by atoms with Gasteiger partial charge in [0.1, 0.15) is 9.84 Å². The molecule has 0 radical (unpaired) electrons. The SMILES string of the molecule is CCOC(=O)c1c(/C=C/C(=O)N2CCN(CCS(C)(=O)=O)CC2)c(C)n(CC)c1C. The summed E-state index contributed by atoms with van der Waals surface area (Å²) < 4.78 is 29.9. The highest BCUT2D eigenvalue weighted by Crippen LogP contribution is 2.25. The lowest BCUT2D eigenvalue weighted by molar-refractivity contribution is -0.127. The number of hydrogen-bond acceptors (Lipinski definition) is 6. The van der Waals surface area contributed by atoms with Crippen LogP contribution in [0.1, 0.15) is 41.2 Å². The number of amides is 1. The van der Waals surface area contributed by atoms with Crippen molar-refractivity contribution in [1.82, 2.24) is 14.4 Å². The van der Waals surface area contributed by atoms with E-state index in [4.69, 9.17) is 4.74 Å². The van der Waals surface area contributed by atoms with E-state index >= 15 is 0 Å². The predicted octanol–water partition coefficient (Wildman–Crippen LogP) is 1.50. The van der Waals surface area contributed by atoms with Gasteiger partial charge in [0.2, 0.25) is 5.91 Å². The number of rotatable bonds is 8. The summed E-state index contributed by atoms with van der Waals surface area (Å²) in [6, 6.07) is 0. The monoisotopic (exact) mass is 439 g/mol. The topological polar surface area (TPSA) is 88.9 Å². The third kappa shape index (κ3) is 5.95. The van der Waals surface area contributed by atoms with Crippen molar-refractivity contribution in [3.8, 4) is 0 Å². The van der Waals surface area contributed by atoms with Gasteiger partial charge in [-0.15, -0.1) is 0 Å². The maximum atomic E-state index is 12.7. The average molecular weight is 440 g/mol. The van der Waals surface area contributed by atoms with Crippen molar-refractivity contribution < 1.29 is 22.7 Å². The average Bonchev–Trinajstić information content (AvgIpc) is 2.93. The van der Waals surface area contributed by atoms with Crippen molar-refractivity contribution in [2.24, 2.45) is 0 Å². The van der Waals surface area contributed by atoms with Gasteiger partial charge in [-0.25, -0.2) is 13.2 Å². The van der Waals surface area contributed by atoms with Crippen LogP contribution < -0.4 is 0 Å². The van der Waals surface area contributed by atoms with Crippen LogP contribution in [-0.4, -0.2) is 86.0 Å². The Hall–Kier alpha value is -2.13. The van der Waals surface area contributed by atoms with E-state index in [-0.39, 0.29) is 17.6 Å². The van der Waals surface area contributed by atoms with Crippen LogP contribution in [0.25, 0.3) is 6.08 Å². The van der Waals surface area contributed by atoms with Crippen molar-refractivity contribution >= 4 is 27.8 Å². The summed E-state index contributed by atoms with van der Waals surface area (Å²) in [7, 11) is -2.99. The number of carbonyl (C=O) groups excluding carboxylic acids is 2. The lowest BCUT2D eigenvalue weighted by atomic mass is 10.1. The Balaban J connectivity index is 2.09. The van der Waals surface area contributed by atoms with E-state index in [0.29, 0.717) is 50.5 Å². The molecule has 1 aliphatic heterocycles. The number of nitrogens with zero attached hydrogens (tertiary/aromatic N) is 3. The molecule has 30 heavy (non-hydrogen) atoms. The Labute approximate surface area is 179 Å². The third-order valence-corrected chi connectivity index (χ3v) is 6.41. The fraction of sp³-hybridized carbons (Fsp3) is 0.619. The van der Waals surface area contributed by atoms with Gasteiger partial charge in [-0.3, -0.25) is 9.69 Å². The second kappa shape index (κ2) is 10.3. The van der Waals surface area contributed by atoms with Crippen molar-refractivity contribution in [3.63, 3.8) is 0 Å². The lowest BCUT2D eigenvalue weighted by Gasteiger charge is -2.34. The highest BCUT2D eigenvalue weighted by atomic mass is 32.2. The van der Waals surface area contributed by atoms with Gasteiger partial charge in [0.05, 0.1) is 17.9 Å². The Morgan fingerprint density at radius 1 is 1.07 bits per heavy atom. The minimum Gasteiger partial charge on any atom is -0.462 e. The minimum absolute atomic E-state index is 0.117. The van der Waals surface area contributed by atoms with Crippen LogP contribution in [0.15, 0.2) is 6.08 Å². The first-order chi connectivity index (χ1) is 14.1. The van der Waals surface area contributed by atoms with Gasteiger partial charge < -0.3 is 14.2 Å². The minimum atomic E-state index is -2.99. The van der Waals surface area contributed by atoms with Gasteiger partial charge >= 0.3 is 5.97 Å². The molecule has 1 saturated heterocycles. The summed E-state index contributed by atoms with van der Waals surface area (Å²) in [5.74, 6) is -0.365. The highest BCUT2D eigenvalue weighted by molar-refractivity contribution is 7.90. The van der Waals surface area contributed by atoms with Crippen molar-refractivity contribution in [2.45, 2.75) is 34.2 Å². The van der Waals surface area contributed by atoms with Crippen molar-refractivity contribution in [1.29, 1.82) is 0 Å². The molecule has 1 aromatic rings. The zero-order valence-corrected chi connectivity index (χ0v) is 19.4.